The van der Waals surface area contributed by atoms with Crippen molar-refractivity contribution >= 4 is 0 Å². The molecular formula is C24H48O7. The highest BCUT2D eigenvalue weighted by Gasteiger charge is 2.44. The van der Waals surface area contributed by atoms with Crippen LogP contribution in [-0.2, 0) is 28.4 Å². The summed E-state index contributed by atoms with van der Waals surface area (Å²) >= 11 is 0. The van der Waals surface area contributed by atoms with Gasteiger partial charge in [-0.1, -0.05) is 52.4 Å². The van der Waals surface area contributed by atoms with Crippen molar-refractivity contribution < 1.29 is 33.5 Å². The fourth-order valence-electron chi connectivity index (χ4n) is 3.75. The number of methoxy groups -OCH3 is 1. The maximum Gasteiger partial charge on any atom is 0.115 e. The zero-order chi connectivity index (χ0) is 22.7. The molecule has 0 amide bonds. The zero-order valence-corrected chi connectivity index (χ0v) is 20.4. The minimum Gasteiger partial charge on any atom is -0.388 e. The molecule has 0 aliphatic carbocycles. The fraction of sp³-hybridized carbons (Fsp3) is 1.00. The average Bonchev–Trinajstić information content (AvgIpc) is 2.77. The van der Waals surface area contributed by atoms with Gasteiger partial charge in [0, 0.05) is 20.3 Å². The van der Waals surface area contributed by atoms with Crippen molar-refractivity contribution in [2.45, 2.75) is 103 Å². The average molecular weight is 449 g/mol. The Morgan fingerprint density at radius 1 is 0.710 bits per heavy atom. The SMILES string of the molecule is CCCCCCOCCOCC1O[C@@H](C)C(O)C(OCCOCCCCCC)C1OC. The van der Waals surface area contributed by atoms with E-state index in [0.29, 0.717) is 33.0 Å². The Kier molecular flexibility index (Phi) is 17.8. The summed E-state index contributed by atoms with van der Waals surface area (Å²) in [4.78, 5) is 0. The van der Waals surface area contributed by atoms with E-state index in [1.165, 1.54) is 38.5 Å². The summed E-state index contributed by atoms with van der Waals surface area (Å²) in [6, 6.07) is 0. The topological polar surface area (TPSA) is 75.6 Å². The van der Waals surface area contributed by atoms with Crippen molar-refractivity contribution in [1.29, 1.82) is 0 Å². The lowest BCUT2D eigenvalue weighted by Crippen LogP contribution is -2.59. The Labute approximate surface area is 190 Å². The molecule has 186 valence electrons. The second-order valence-corrected chi connectivity index (χ2v) is 8.33. The standard InChI is InChI=1S/C24H48O7/c1-5-7-9-11-13-27-15-16-29-19-21-23(26-4)24(22(25)20(3)31-21)30-18-17-28-14-12-10-8-6-2/h20-25H,5-19H2,1-4H3/t20-,21?,22?,23?,24?/m0/s1. The Balaban J connectivity index is 2.27. The van der Waals surface area contributed by atoms with Crippen LogP contribution >= 0.6 is 0 Å². The van der Waals surface area contributed by atoms with E-state index in [0.717, 1.165) is 26.1 Å². The summed E-state index contributed by atoms with van der Waals surface area (Å²) in [6.45, 7) is 10.2. The molecule has 1 fully saturated rings. The third-order valence-corrected chi connectivity index (χ3v) is 5.65. The Morgan fingerprint density at radius 3 is 1.87 bits per heavy atom. The Morgan fingerprint density at radius 2 is 1.29 bits per heavy atom. The van der Waals surface area contributed by atoms with Crippen molar-refractivity contribution in [3.8, 4) is 0 Å². The van der Waals surface area contributed by atoms with Crippen molar-refractivity contribution in [2.75, 3.05) is 53.4 Å². The van der Waals surface area contributed by atoms with Crippen LogP contribution < -0.4 is 0 Å². The minimum absolute atomic E-state index is 0.298. The first-order valence-corrected chi connectivity index (χ1v) is 12.4. The van der Waals surface area contributed by atoms with E-state index in [4.69, 9.17) is 28.4 Å². The Hall–Kier alpha value is -0.280. The molecule has 1 N–H and O–H groups in total. The van der Waals surface area contributed by atoms with Crippen LogP contribution in [0, 0.1) is 0 Å². The van der Waals surface area contributed by atoms with Crippen molar-refractivity contribution in [3.05, 3.63) is 0 Å². The quantitative estimate of drug-likeness (QED) is 0.284. The van der Waals surface area contributed by atoms with Gasteiger partial charge in [0.15, 0.2) is 0 Å². The molecule has 0 bridgehead atoms. The van der Waals surface area contributed by atoms with Crippen LogP contribution in [0.15, 0.2) is 0 Å². The highest BCUT2D eigenvalue weighted by atomic mass is 16.6. The normalized spacial score (nSPS) is 26.4. The van der Waals surface area contributed by atoms with Gasteiger partial charge in [-0.05, 0) is 19.8 Å². The van der Waals surface area contributed by atoms with Gasteiger partial charge in [-0.15, -0.1) is 0 Å². The van der Waals surface area contributed by atoms with Crippen LogP contribution in [0.3, 0.4) is 0 Å². The van der Waals surface area contributed by atoms with Gasteiger partial charge in [-0.25, -0.2) is 0 Å². The van der Waals surface area contributed by atoms with Crippen LogP contribution in [-0.4, -0.2) is 89.0 Å². The van der Waals surface area contributed by atoms with Crippen molar-refractivity contribution in [3.63, 3.8) is 0 Å². The lowest BCUT2D eigenvalue weighted by atomic mass is 9.95. The first-order chi connectivity index (χ1) is 15.2. The number of rotatable bonds is 20. The first-order valence-electron chi connectivity index (χ1n) is 12.4. The van der Waals surface area contributed by atoms with Crippen LogP contribution in [0.4, 0.5) is 0 Å². The van der Waals surface area contributed by atoms with Crippen LogP contribution in [0.5, 0.6) is 0 Å². The molecule has 7 heteroatoms. The molecule has 0 spiro atoms. The van der Waals surface area contributed by atoms with Gasteiger partial charge in [0.2, 0.25) is 0 Å². The first kappa shape index (κ1) is 28.8. The summed E-state index contributed by atoms with van der Waals surface area (Å²) in [5.74, 6) is 0. The summed E-state index contributed by atoms with van der Waals surface area (Å²) in [7, 11) is 1.61. The maximum absolute atomic E-state index is 10.6. The largest absolute Gasteiger partial charge is 0.388 e. The summed E-state index contributed by atoms with van der Waals surface area (Å²) < 4.78 is 34.5. The molecule has 0 aromatic rings. The number of unbranched alkanes of at least 4 members (excludes halogenated alkanes) is 6. The second kappa shape index (κ2) is 19.2. The molecule has 1 rings (SSSR count). The molecule has 0 saturated carbocycles. The van der Waals surface area contributed by atoms with Gasteiger partial charge in [0.1, 0.15) is 24.4 Å². The smallest absolute Gasteiger partial charge is 0.115 e. The third-order valence-electron chi connectivity index (χ3n) is 5.65. The summed E-state index contributed by atoms with van der Waals surface area (Å²) in [5, 5.41) is 10.6. The molecular weight excluding hydrogens is 400 g/mol. The number of aliphatic hydroxyl groups excluding tert-OH is 1. The molecule has 31 heavy (non-hydrogen) atoms. The molecule has 0 aromatic heterocycles. The van der Waals surface area contributed by atoms with E-state index in [1.807, 2.05) is 6.92 Å². The fourth-order valence-corrected chi connectivity index (χ4v) is 3.75. The molecule has 7 nitrogen and oxygen atoms in total. The maximum atomic E-state index is 10.6. The monoisotopic (exact) mass is 448 g/mol. The number of hydrogen-bond donors (Lipinski definition) is 1. The molecule has 1 aliphatic heterocycles. The van der Waals surface area contributed by atoms with Crippen LogP contribution in [0.25, 0.3) is 0 Å². The van der Waals surface area contributed by atoms with Gasteiger partial charge < -0.3 is 33.5 Å². The third kappa shape index (κ3) is 12.5. The molecule has 1 saturated heterocycles. The molecule has 0 aromatic carbocycles. The molecule has 5 atom stereocenters. The van der Waals surface area contributed by atoms with Gasteiger partial charge >= 0.3 is 0 Å². The van der Waals surface area contributed by atoms with Gasteiger partial charge in [-0.2, -0.15) is 0 Å². The lowest BCUT2D eigenvalue weighted by Gasteiger charge is -2.43. The van der Waals surface area contributed by atoms with Crippen LogP contribution in [0.2, 0.25) is 0 Å². The van der Waals surface area contributed by atoms with Crippen molar-refractivity contribution in [1.82, 2.24) is 0 Å². The number of aliphatic hydroxyl groups is 1. The predicted octanol–water partition coefficient (Wildman–Crippen LogP) is 3.75. The van der Waals surface area contributed by atoms with E-state index in [1.54, 1.807) is 7.11 Å². The molecule has 0 radical (unpaired) electrons. The highest BCUT2D eigenvalue weighted by Crippen LogP contribution is 2.25. The van der Waals surface area contributed by atoms with E-state index in [2.05, 4.69) is 13.8 Å². The van der Waals surface area contributed by atoms with E-state index < -0.39 is 18.3 Å². The number of ether oxygens (including phenoxy) is 6. The summed E-state index contributed by atoms with van der Waals surface area (Å²) in [6.07, 6.45) is 7.28. The predicted molar refractivity (Wildman–Crippen MR) is 122 cm³/mol. The second-order valence-electron chi connectivity index (χ2n) is 8.33. The zero-order valence-electron chi connectivity index (χ0n) is 20.4. The molecule has 1 heterocycles. The van der Waals surface area contributed by atoms with E-state index in [-0.39, 0.29) is 12.2 Å². The highest BCUT2D eigenvalue weighted by molar-refractivity contribution is 4.92. The van der Waals surface area contributed by atoms with Crippen LogP contribution in [0.1, 0.15) is 72.1 Å². The molecule has 4 unspecified atom stereocenters. The van der Waals surface area contributed by atoms with E-state index >= 15 is 0 Å². The van der Waals surface area contributed by atoms with Crippen molar-refractivity contribution in [2.24, 2.45) is 0 Å². The van der Waals surface area contributed by atoms with E-state index in [9.17, 15) is 5.11 Å². The van der Waals surface area contributed by atoms with Gasteiger partial charge in [0.25, 0.3) is 0 Å². The minimum atomic E-state index is -0.753. The van der Waals surface area contributed by atoms with Gasteiger partial charge in [0.05, 0.1) is 39.1 Å². The Bertz CT molecular complexity index is 396. The van der Waals surface area contributed by atoms with Gasteiger partial charge in [-0.3, -0.25) is 0 Å². The summed E-state index contributed by atoms with van der Waals surface area (Å²) in [5.41, 5.74) is 0. The lowest BCUT2D eigenvalue weighted by molar-refractivity contribution is -0.248. The molecule has 1 aliphatic rings. The number of hydrogen-bond acceptors (Lipinski definition) is 7.